The lowest BCUT2D eigenvalue weighted by atomic mass is 10.6. The smallest absolute Gasteiger partial charge is 0.167 e. The largest absolute Gasteiger partial charge is 0.368 e. The maximum Gasteiger partial charge on any atom is 0.167 e. The summed E-state index contributed by atoms with van der Waals surface area (Å²) in [6.07, 6.45) is 3.39. The molecule has 1 unspecified atom stereocenters. The summed E-state index contributed by atoms with van der Waals surface area (Å²) in [6.45, 7) is 3.38. The summed E-state index contributed by atoms with van der Waals surface area (Å²) in [6, 6.07) is 0. The first-order valence-electron chi connectivity index (χ1n) is 2.49. The van der Waals surface area contributed by atoms with Crippen LogP contribution in [0.1, 0.15) is 6.23 Å². The summed E-state index contributed by atoms with van der Waals surface area (Å²) in [7, 11) is 0. The SMILES string of the molecule is C=CC(O)n1cncn1. The topological polar surface area (TPSA) is 50.9 Å². The van der Waals surface area contributed by atoms with Crippen LogP contribution in [-0.2, 0) is 0 Å². The average Bonchev–Trinajstić information content (AvgIpc) is 2.37. The van der Waals surface area contributed by atoms with Crippen molar-refractivity contribution < 1.29 is 5.11 Å². The van der Waals surface area contributed by atoms with E-state index >= 15 is 0 Å². The quantitative estimate of drug-likeness (QED) is 0.564. The Morgan fingerprint density at radius 2 is 2.56 bits per heavy atom. The third-order valence-electron chi connectivity index (χ3n) is 0.918. The van der Waals surface area contributed by atoms with Crippen molar-refractivity contribution in [2.45, 2.75) is 6.23 Å². The van der Waals surface area contributed by atoms with E-state index in [1.807, 2.05) is 0 Å². The Labute approximate surface area is 52.5 Å². The fraction of sp³-hybridized carbons (Fsp3) is 0.200. The molecule has 0 aliphatic rings. The van der Waals surface area contributed by atoms with Gasteiger partial charge in [-0.3, -0.25) is 0 Å². The minimum absolute atomic E-state index is 0.757. The second kappa shape index (κ2) is 2.41. The van der Waals surface area contributed by atoms with Crippen molar-refractivity contribution in [1.29, 1.82) is 0 Å². The molecule has 0 spiro atoms. The van der Waals surface area contributed by atoms with Crippen molar-refractivity contribution in [2.24, 2.45) is 0 Å². The summed E-state index contributed by atoms with van der Waals surface area (Å²) in [4.78, 5) is 3.64. The van der Waals surface area contributed by atoms with E-state index in [4.69, 9.17) is 5.11 Å². The maximum absolute atomic E-state index is 8.96. The molecular formula is C5H7N3O. The molecule has 0 aliphatic heterocycles. The number of hydrogen-bond donors (Lipinski definition) is 1. The van der Waals surface area contributed by atoms with Gasteiger partial charge in [0.25, 0.3) is 0 Å². The second-order valence-electron chi connectivity index (χ2n) is 1.52. The summed E-state index contributed by atoms with van der Waals surface area (Å²) < 4.78 is 1.30. The van der Waals surface area contributed by atoms with Gasteiger partial charge in [0, 0.05) is 0 Å². The van der Waals surface area contributed by atoms with Crippen molar-refractivity contribution in [1.82, 2.24) is 14.8 Å². The zero-order valence-electron chi connectivity index (χ0n) is 4.81. The van der Waals surface area contributed by atoms with E-state index in [1.54, 1.807) is 0 Å². The third kappa shape index (κ3) is 1.14. The van der Waals surface area contributed by atoms with E-state index in [0.29, 0.717) is 0 Å². The summed E-state index contributed by atoms with van der Waals surface area (Å²) >= 11 is 0. The molecule has 1 aromatic heterocycles. The summed E-state index contributed by atoms with van der Waals surface area (Å²) in [5.74, 6) is 0. The lowest BCUT2D eigenvalue weighted by Crippen LogP contribution is -2.04. The Kier molecular flexibility index (Phi) is 1.60. The highest BCUT2D eigenvalue weighted by atomic mass is 16.3. The zero-order valence-corrected chi connectivity index (χ0v) is 4.81. The number of nitrogens with zero attached hydrogens (tertiary/aromatic N) is 3. The first kappa shape index (κ1) is 5.97. The van der Waals surface area contributed by atoms with Crippen molar-refractivity contribution in [2.75, 3.05) is 0 Å². The molecule has 48 valence electrons. The van der Waals surface area contributed by atoms with Gasteiger partial charge in [0.05, 0.1) is 0 Å². The predicted octanol–water partition coefficient (Wildman–Crippen LogP) is -0.0450. The van der Waals surface area contributed by atoms with Crippen molar-refractivity contribution in [3.8, 4) is 0 Å². The first-order valence-corrected chi connectivity index (χ1v) is 2.49. The Balaban J connectivity index is 2.76. The van der Waals surface area contributed by atoms with Crippen LogP contribution >= 0.6 is 0 Å². The fourth-order valence-corrected chi connectivity index (χ4v) is 0.462. The van der Waals surface area contributed by atoms with Gasteiger partial charge in [-0.25, -0.2) is 9.67 Å². The highest BCUT2D eigenvalue weighted by Crippen LogP contribution is 1.96. The molecule has 1 aromatic rings. The van der Waals surface area contributed by atoms with Gasteiger partial charge in [-0.05, 0) is 6.08 Å². The molecule has 0 saturated heterocycles. The molecule has 1 rings (SSSR count). The Morgan fingerprint density at radius 3 is 3.00 bits per heavy atom. The monoisotopic (exact) mass is 125 g/mol. The van der Waals surface area contributed by atoms with Gasteiger partial charge >= 0.3 is 0 Å². The van der Waals surface area contributed by atoms with E-state index in [-0.39, 0.29) is 0 Å². The third-order valence-corrected chi connectivity index (χ3v) is 0.918. The van der Waals surface area contributed by atoms with Gasteiger partial charge in [-0.15, -0.1) is 0 Å². The molecule has 9 heavy (non-hydrogen) atoms. The molecule has 1 atom stereocenters. The van der Waals surface area contributed by atoms with Gasteiger partial charge in [-0.2, -0.15) is 5.10 Å². The summed E-state index contributed by atoms with van der Waals surface area (Å²) in [5, 5.41) is 12.6. The van der Waals surface area contributed by atoms with Crippen LogP contribution < -0.4 is 0 Å². The van der Waals surface area contributed by atoms with Crippen LogP contribution in [0, 0.1) is 0 Å². The van der Waals surface area contributed by atoms with Gasteiger partial charge < -0.3 is 5.11 Å². The molecular weight excluding hydrogens is 118 g/mol. The Morgan fingerprint density at radius 1 is 1.78 bits per heavy atom. The average molecular weight is 125 g/mol. The van der Waals surface area contributed by atoms with Gasteiger partial charge in [-0.1, -0.05) is 6.58 Å². The number of hydrogen-bond acceptors (Lipinski definition) is 3. The standard InChI is InChI=1S/C5H7N3O/c1-2-5(9)8-4-6-3-7-8/h2-5,9H,1H2. The molecule has 4 nitrogen and oxygen atoms in total. The van der Waals surface area contributed by atoms with Crippen LogP contribution in [0.4, 0.5) is 0 Å². The van der Waals surface area contributed by atoms with Crippen LogP contribution in [0.25, 0.3) is 0 Å². The maximum atomic E-state index is 8.96. The van der Waals surface area contributed by atoms with Crippen LogP contribution in [0.2, 0.25) is 0 Å². The fourth-order valence-electron chi connectivity index (χ4n) is 0.462. The second-order valence-corrected chi connectivity index (χ2v) is 1.52. The number of rotatable bonds is 2. The molecule has 4 heteroatoms. The Bertz CT molecular complexity index is 182. The van der Waals surface area contributed by atoms with Crippen molar-refractivity contribution in [3.05, 3.63) is 25.3 Å². The number of aliphatic hydroxyl groups is 1. The predicted molar refractivity (Wildman–Crippen MR) is 31.5 cm³/mol. The molecule has 1 N–H and O–H groups in total. The molecule has 0 aromatic carbocycles. The first-order chi connectivity index (χ1) is 4.34. The highest BCUT2D eigenvalue weighted by molar-refractivity contribution is 4.75. The number of aromatic nitrogens is 3. The zero-order chi connectivity index (χ0) is 6.69. The van der Waals surface area contributed by atoms with Crippen LogP contribution in [0.15, 0.2) is 25.3 Å². The molecule has 0 fully saturated rings. The molecule has 1 heterocycles. The van der Waals surface area contributed by atoms with E-state index in [2.05, 4.69) is 16.7 Å². The molecule has 0 bridgehead atoms. The van der Waals surface area contributed by atoms with E-state index in [0.717, 1.165) is 0 Å². The minimum atomic E-state index is -0.757. The lowest BCUT2D eigenvalue weighted by Gasteiger charge is -2.01. The lowest BCUT2D eigenvalue weighted by molar-refractivity contribution is 0.140. The molecule has 0 amide bonds. The van der Waals surface area contributed by atoms with E-state index < -0.39 is 6.23 Å². The minimum Gasteiger partial charge on any atom is -0.368 e. The highest BCUT2D eigenvalue weighted by Gasteiger charge is 1.97. The van der Waals surface area contributed by atoms with Crippen LogP contribution in [0.3, 0.4) is 0 Å². The van der Waals surface area contributed by atoms with E-state index in [9.17, 15) is 0 Å². The van der Waals surface area contributed by atoms with E-state index in [1.165, 1.54) is 23.4 Å². The van der Waals surface area contributed by atoms with Crippen LogP contribution in [0.5, 0.6) is 0 Å². The van der Waals surface area contributed by atoms with Crippen LogP contribution in [-0.4, -0.2) is 19.9 Å². The van der Waals surface area contributed by atoms with Gasteiger partial charge in [0.2, 0.25) is 0 Å². The van der Waals surface area contributed by atoms with Crippen molar-refractivity contribution >= 4 is 0 Å². The molecule has 0 saturated carbocycles. The molecule has 0 aliphatic carbocycles. The number of aliphatic hydroxyl groups excluding tert-OH is 1. The van der Waals surface area contributed by atoms with Gasteiger partial charge in [0.15, 0.2) is 6.23 Å². The Hall–Kier alpha value is -1.16. The van der Waals surface area contributed by atoms with Crippen molar-refractivity contribution in [3.63, 3.8) is 0 Å². The van der Waals surface area contributed by atoms with Gasteiger partial charge in [0.1, 0.15) is 12.7 Å². The normalized spacial score (nSPS) is 13.0. The molecule has 0 radical (unpaired) electrons. The summed E-state index contributed by atoms with van der Waals surface area (Å²) in [5.41, 5.74) is 0.